The van der Waals surface area contributed by atoms with Gasteiger partial charge in [-0.1, -0.05) is 6.07 Å². The third-order valence-electron chi connectivity index (χ3n) is 2.94. The first kappa shape index (κ1) is 15.3. The fraction of sp³-hybridized carbons (Fsp3) is 0.250. The van der Waals surface area contributed by atoms with E-state index in [0.717, 1.165) is 17.9 Å². The summed E-state index contributed by atoms with van der Waals surface area (Å²) in [5, 5.41) is 0. The van der Waals surface area contributed by atoms with Gasteiger partial charge in [0.2, 0.25) is 0 Å². The Morgan fingerprint density at radius 3 is 2.14 bits per heavy atom. The number of ether oxygens (including phenoxy) is 2. The van der Waals surface area contributed by atoms with E-state index < -0.39 is 17.7 Å². The highest BCUT2D eigenvalue weighted by molar-refractivity contribution is 5.31. The molecule has 0 heterocycles. The van der Waals surface area contributed by atoms with E-state index in [0.29, 0.717) is 17.9 Å². The molecule has 0 aliphatic heterocycles. The van der Waals surface area contributed by atoms with Gasteiger partial charge >= 0.3 is 0 Å². The van der Waals surface area contributed by atoms with Gasteiger partial charge < -0.3 is 15.2 Å². The molecule has 0 spiro atoms. The summed E-state index contributed by atoms with van der Waals surface area (Å²) in [6.07, 6.45) is 0. The first-order valence-corrected chi connectivity index (χ1v) is 6.66. The maximum absolute atomic E-state index is 13.1. The lowest BCUT2D eigenvalue weighted by molar-refractivity contribution is 0.289. The molecule has 2 rings (SSSR count). The first-order chi connectivity index (χ1) is 10.1. The van der Waals surface area contributed by atoms with E-state index in [9.17, 15) is 8.78 Å². The fourth-order valence-electron chi connectivity index (χ4n) is 1.82. The van der Waals surface area contributed by atoms with Crippen molar-refractivity contribution in [3.63, 3.8) is 0 Å². The smallest absolute Gasteiger partial charge is 0.159 e. The molecule has 1 unspecified atom stereocenters. The van der Waals surface area contributed by atoms with Crippen LogP contribution in [0.4, 0.5) is 8.78 Å². The van der Waals surface area contributed by atoms with Crippen molar-refractivity contribution in [2.45, 2.75) is 13.0 Å². The normalized spacial score (nSPS) is 12.0. The van der Waals surface area contributed by atoms with Crippen molar-refractivity contribution in [3.05, 3.63) is 59.7 Å². The molecule has 2 N–H and O–H groups in total. The Morgan fingerprint density at radius 1 is 0.952 bits per heavy atom. The zero-order valence-corrected chi connectivity index (χ0v) is 11.7. The predicted molar refractivity (Wildman–Crippen MR) is 76.4 cm³/mol. The van der Waals surface area contributed by atoms with E-state index in [4.69, 9.17) is 15.2 Å². The molecule has 2 aromatic rings. The van der Waals surface area contributed by atoms with Crippen LogP contribution in [0.25, 0.3) is 0 Å². The minimum atomic E-state index is -0.913. The van der Waals surface area contributed by atoms with Crippen LogP contribution in [0, 0.1) is 11.6 Å². The summed E-state index contributed by atoms with van der Waals surface area (Å²) >= 11 is 0. The number of benzene rings is 2. The molecule has 0 fully saturated rings. The zero-order chi connectivity index (χ0) is 15.2. The SMILES string of the molecule is CCOc1ccc(OCC(N)c2ccc(F)c(F)c2)cc1. The average Bonchev–Trinajstić information content (AvgIpc) is 2.49. The van der Waals surface area contributed by atoms with Crippen molar-refractivity contribution in [2.75, 3.05) is 13.2 Å². The molecule has 3 nitrogen and oxygen atoms in total. The van der Waals surface area contributed by atoms with Crippen LogP contribution < -0.4 is 15.2 Å². The van der Waals surface area contributed by atoms with Crippen LogP contribution in [0.1, 0.15) is 18.5 Å². The molecule has 2 aromatic carbocycles. The summed E-state index contributed by atoms with van der Waals surface area (Å²) in [6.45, 7) is 2.67. The van der Waals surface area contributed by atoms with E-state index in [1.807, 2.05) is 6.92 Å². The number of hydrogen-bond acceptors (Lipinski definition) is 3. The van der Waals surface area contributed by atoms with E-state index in [-0.39, 0.29) is 6.61 Å². The molecule has 0 amide bonds. The van der Waals surface area contributed by atoms with Gasteiger partial charge in [-0.25, -0.2) is 8.78 Å². The van der Waals surface area contributed by atoms with Crippen LogP contribution in [0.5, 0.6) is 11.5 Å². The number of hydrogen-bond donors (Lipinski definition) is 1. The Kier molecular flexibility index (Phi) is 5.11. The Labute approximate surface area is 122 Å². The molecule has 0 aliphatic rings. The fourth-order valence-corrected chi connectivity index (χ4v) is 1.82. The van der Waals surface area contributed by atoms with Gasteiger partial charge in [0.05, 0.1) is 12.6 Å². The molecule has 5 heteroatoms. The molecule has 0 radical (unpaired) electrons. The first-order valence-electron chi connectivity index (χ1n) is 6.66. The van der Waals surface area contributed by atoms with E-state index in [1.165, 1.54) is 6.07 Å². The summed E-state index contributed by atoms with van der Waals surface area (Å²) in [5.74, 6) is -0.409. The van der Waals surface area contributed by atoms with Crippen molar-refractivity contribution in [1.29, 1.82) is 0 Å². The minimum absolute atomic E-state index is 0.166. The van der Waals surface area contributed by atoms with Crippen molar-refractivity contribution in [2.24, 2.45) is 5.73 Å². The average molecular weight is 293 g/mol. The zero-order valence-electron chi connectivity index (χ0n) is 11.7. The Morgan fingerprint density at radius 2 is 1.57 bits per heavy atom. The van der Waals surface area contributed by atoms with E-state index in [1.54, 1.807) is 24.3 Å². The van der Waals surface area contributed by atoms with Gasteiger partial charge in [0.1, 0.15) is 18.1 Å². The van der Waals surface area contributed by atoms with Crippen molar-refractivity contribution < 1.29 is 18.3 Å². The quantitative estimate of drug-likeness (QED) is 0.887. The third kappa shape index (κ3) is 4.16. The second-order valence-corrected chi connectivity index (χ2v) is 4.50. The van der Waals surface area contributed by atoms with Gasteiger partial charge in [-0.15, -0.1) is 0 Å². The predicted octanol–water partition coefficient (Wildman–Crippen LogP) is 3.44. The molecule has 0 saturated heterocycles. The molecular weight excluding hydrogens is 276 g/mol. The van der Waals surface area contributed by atoms with Crippen LogP contribution >= 0.6 is 0 Å². The van der Waals surface area contributed by atoms with Crippen LogP contribution in [0.15, 0.2) is 42.5 Å². The van der Waals surface area contributed by atoms with Crippen molar-refractivity contribution in [3.8, 4) is 11.5 Å². The lowest BCUT2D eigenvalue weighted by Gasteiger charge is -2.14. The Balaban J connectivity index is 1.93. The summed E-state index contributed by atoms with van der Waals surface area (Å²) in [5.41, 5.74) is 6.39. The Bertz CT molecular complexity index is 587. The topological polar surface area (TPSA) is 44.5 Å². The maximum Gasteiger partial charge on any atom is 0.159 e. The van der Waals surface area contributed by atoms with Crippen molar-refractivity contribution >= 4 is 0 Å². The number of rotatable bonds is 6. The summed E-state index contributed by atoms with van der Waals surface area (Å²) in [4.78, 5) is 0. The molecule has 0 aromatic heterocycles. The molecule has 112 valence electrons. The standard InChI is InChI=1S/C16H17F2NO2/c1-2-20-12-4-6-13(7-5-12)21-10-16(19)11-3-8-14(17)15(18)9-11/h3-9,16H,2,10,19H2,1H3. The van der Waals surface area contributed by atoms with E-state index in [2.05, 4.69) is 0 Å². The van der Waals surface area contributed by atoms with Crippen LogP contribution in [-0.2, 0) is 0 Å². The number of halogens is 2. The summed E-state index contributed by atoms with van der Waals surface area (Å²) in [6, 6.07) is 10.2. The van der Waals surface area contributed by atoms with Crippen LogP contribution in [0.3, 0.4) is 0 Å². The third-order valence-corrected chi connectivity index (χ3v) is 2.94. The monoisotopic (exact) mass is 293 g/mol. The molecule has 0 saturated carbocycles. The lowest BCUT2D eigenvalue weighted by atomic mass is 10.1. The second-order valence-electron chi connectivity index (χ2n) is 4.50. The summed E-state index contributed by atoms with van der Waals surface area (Å²) < 4.78 is 36.8. The highest BCUT2D eigenvalue weighted by Crippen LogP contribution is 2.20. The highest BCUT2D eigenvalue weighted by atomic mass is 19.2. The van der Waals surface area contributed by atoms with Gasteiger partial charge in [0, 0.05) is 0 Å². The van der Waals surface area contributed by atoms with Gasteiger partial charge in [0.25, 0.3) is 0 Å². The molecule has 0 bridgehead atoms. The minimum Gasteiger partial charge on any atom is -0.494 e. The molecule has 1 atom stereocenters. The van der Waals surface area contributed by atoms with Gasteiger partial charge in [0.15, 0.2) is 11.6 Å². The lowest BCUT2D eigenvalue weighted by Crippen LogP contribution is -2.19. The van der Waals surface area contributed by atoms with Crippen LogP contribution in [-0.4, -0.2) is 13.2 Å². The van der Waals surface area contributed by atoms with Crippen LogP contribution in [0.2, 0.25) is 0 Å². The van der Waals surface area contributed by atoms with Gasteiger partial charge in [-0.2, -0.15) is 0 Å². The maximum atomic E-state index is 13.1. The van der Waals surface area contributed by atoms with Crippen molar-refractivity contribution in [1.82, 2.24) is 0 Å². The second kappa shape index (κ2) is 7.04. The van der Waals surface area contributed by atoms with E-state index >= 15 is 0 Å². The van der Waals surface area contributed by atoms with Gasteiger partial charge in [-0.3, -0.25) is 0 Å². The molecule has 0 aliphatic carbocycles. The molecule has 21 heavy (non-hydrogen) atoms. The largest absolute Gasteiger partial charge is 0.494 e. The number of nitrogens with two attached hydrogens (primary N) is 1. The Hall–Kier alpha value is -2.14. The van der Waals surface area contributed by atoms with Gasteiger partial charge in [-0.05, 0) is 48.9 Å². The highest BCUT2D eigenvalue weighted by Gasteiger charge is 2.10. The molecular formula is C16H17F2NO2. The summed E-state index contributed by atoms with van der Waals surface area (Å²) in [7, 11) is 0.